The van der Waals surface area contributed by atoms with Crippen molar-refractivity contribution < 1.29 is 19.3 Å². The molecule has 0 radical (unpaired) electrons. The molecule has 5 heteroatoms. The first-order valence-electron chi connectivity index (χ1n) is 8.79. The lowest BCUT2D eigenvalue weighted by atomic mass is 10.1. The fraction of sp³-hybridized carbons (Fsp3) is 0.429. The van der Waals surface area contributed by atoms with Gasteiger partial charge in [-0.2, -0.15) is 0 Å². The number of para-hydroxylation sites is 1. The van der Waals surface area contributed by atoms with Gasteiger partial charge >= 0.3 is 0 Å². The van der Waals surface area contributed by atoms with E-state index in [1.807, 2.05) is 56.4 Å². The van der Waals surface area contributed by atoms with Gasteiger partial charge in [-0.25, -0.2) is 0 Å². The van der Waals surface area contributed by atoms with Gasteiger partial charge in [0.1, 0.15) is 18.5 Å². The minimum absolute atomic E-state index is 0.283. The Morgan fingerprint density at radius 3 is 2.42 bits per heavy atom. The number of rotatable bonds is 10. The molecule has 0 bridgehead atoms. The average Bonchev–Trinajstić information content (AvgIpc) is 2.65. The lowest BCUT2D eigenvalue weighted by Crippen LogP contribution is -2.34. The Balaban J connectivity index is 1.77. The van der Waals surface area contributed by atoms with Crippen molar-refractivity contribution in [2.24, 2.45) is 0 Å². The summed E-state index contributed by atoms with van der Waals surface area (Å²) in [6.07, 6.45) is 0.326. The molecule has 0 aliphatic carbocycles. The van der Waals surface area contributed by atoms with Gasteiger partial charge in [0.2, 0.25) is 0 Å². The molecule has 2 rings (SSSR count). The molecule has 2 aromatic carbocycles. The van der Waals surface area contributed by atoms with Gasteiger partial charge < -0.3 is 24.2 Å². The van der Waals surface area contributed by atoms with Gasteiger partial charge in [0.25, 0.3) is 0 Å². The zero-order valence-electron chi connectivity index (χ0n) is 16.1. The maximum Gasteiger partial charge on any atom is 0.160 e. The number of nitrogens with zero attached hydrogens (tertiary/aromatic N) is 1. The predicted molar refractivity (Wildman–Crippen MR) is 103 cm³/mol. The number of aliphatic hydroxyl groups excluding tert-OH is 1. The molecule has 5 nitrogen and oxygen atoms in total. The van der Waals surface area contributed by atoms with Crippen LogP contribution in [0.1, 0.15) is 11.1 Å². The highest BCUT2D eigenvalue weighted by Crippen LogP contribution is 2.27. The molecule has 2 aromatic rings. The average molecular weight is 359 g/mol. The highest BCUT2D eigenvalue weighted by atomic mass is 16.5. The van der Waals surface area contributed by atoms with E-state index in [-0.39, 0.29) is 6.61 Å². The molecule has 0 saturated carbocycles. The van der Waals surface area contributed by atoms with E-state index in [0.29, 0.717) is 6.54 Å². The lowest BCUT2D eigenvalue weighted by molar-refractivity contribution is 0.0764. The summed E-state index contributed by atoms with van der Waals surface area (Å²) < 4.78 is 16.3. The van der Waals surface area contributed by atoms with E-state index in [4.69, 9.17) is 14.2 Å². The highest BCUT2D eigenvalue weighted by Gasteiger charge is 2.11. The first-order chi connectivity index (χ1) is 12.5. The smallest absolute Gasteiger partial charge is 0.160 e. The van der Waals surface area contributed by atoms with Crippen molar-refractivity contribution in [3.05, 3.63) is 53.6 Å². The van der Waals surface area contributed by atoms with Crippen molar-refractivity contribution in [2.75, 3.05) is 41.0 Å². The van der Waals surface area contributed by atoms with Crippen LogP contribution in [-0.2, 0) is 6.42 Å². The Hall–Kier alpha value is -2.24. The van der Waals surface area contributed by atoms with Crippen molar-refractivity contribution in [3.8, 4) is 17.2 Å². The van der Waals surface area contributed by atoms with Crippen molar-refractivity contribution in [3.63, 3.8) is 0 Å². The van der Waals surface area contributed by atoms with Crippen LogP contribution in [0, 0.1) is 6.92 Å². The monoisotopic (exact) mass is 359 g/mol. The molecule has 26 heavy (non-hydrogen) atoms. The Kier molecular flexibility index (Phi) is 7.75. The molecule has 0 amide bonds. The molecule has 0 spiro atoms. The number of benzene rings is 2. The quantitative estimate of drug-likeness (QED) is 0.707. The van der Waals surface area contributed by atoms with E-state index < -0.39 is 6.10 Å². The third-order valence-corrected chi connectivity index (χ3v) is 4.28. The molecular weight excluding hydrogens is 330 g/mol. The van der Waals surface area contributed by atoms with Crippen LogP contribution < -0.4 is 14.2 Å². The Bertz CT molecular complexity index is 689. The fourth-order valence-corrected chi connectivity index (χ4v) is 2.76. The van der Waals surface area contributed by atoms with E-state index in [2.05, 4.69) is 4.90 Å². The molecule has 0 fully saturated rings. The number of hydrogen-bond donors (Lipinski definition) is 1. The summed E-state index contributed by atoms with van der Waals surface area (Å²) in [6.45, 7) is 3.67. The Morgan fingerprint density at radius 1 is 1.00 bits per heavy atom. The molecule has 1 N–H and O–H groups in total. The Labute approximate surface area is 156 Å². The third-order valence-electron chi connectivity index (χ3n) is 4.28. The summed E-state index contributed by atoms with van der Waals surface area (Å²) in [5.74, 6) is 2.28. The van der Waals surface area contributed by atoms with Crippen LogP contribution in [0.4, 0.5) is 0 Å². The molecule has 1 atom stereocenters. The number of likely N-dealkylation sites (N-methyl/N-ethyl adjacent to an activating group) is 1. The van der Waals surface area contributed by atoms with E-state index in [9.17, 15) is 5.11 Å². The summed E-state index contributed by atoms with van der Waals surface area (Å²) >= 11 is 0. The Morgan fingerprint density at radius 2 is 1.73 bits per heavy atom. The van der Waals surface area contributed by atoms with Crippen LogP contribution in [0.15, 0.2) is 42.5 Å². The zero-order valence-corrected chi connectivity index (χ0v) is 16.1. The van der Waals surface area contributed by atoms with Crippen molar-refractivity contribution in [1.29, 1.82) is 0 Å². The summed E-state index contributed by atoms with van der Waals surface area (Å²) in [5, 5.41) is 10.2. The normalized spacial score (nSPS) is 12.1. The first kappa shape index (κ1) is 20.1. The predicted octanol–water partition coefficient (Wildman–Crippen LogP) is 2.93. The number of aryl methyl sites for hydroxylation is 1. The standard InChI is InChI=1S/C21H29NO4/c1-16-7-5-6-8-19(16)26-15-18(23)14-22(2)12-11-17-9-10-20(24-3)21(13-17)25-4/h5-10,13,18,23H,11-12,14-15H2,1-4H3. The largest absolute Gasteiger partial charge is 0.493 e. The van der Waals surface area contributed by atoms with Crippen LogP contribution in [0.5, 0.6) is 17.2 Å². The van der Waals surface area contributed by atoms with Crippen LogP contribution in [-0.4, -0.2) is 57.1 Å². The van der Waals surface area contributed by atoms with E-state index >= 15 is 0 Å². The topological polar surface area (TPSA) is 51.2 Å². The SMILES string of the molecule is COc1ccc(CCN(C)CC(O)COc2ccccc2C)cc1OC. The van der Waals surface area contributed by atoms with Gasteiger partial charge in [0.05, 0.1) is 14.2 Å². The molecule has 0 aromatic heterocycles. The molecular formula is C21H29NO4. The third kappa shape index (κ3) is 5.93. The van der Waals surface area contributed by atoms with E-state index in [1.165, 1.54) is 5.56 Å². The second-order valence-corrected chi connectivity index (χ2v) is 6.43. The van der Waals surface area contributed by atoms with Gasteiger partial charge in [-0.05, 0) is 49.7 Å². The van der Waals surface area contributed by atoms with Gasteiger partial charge in [0.15, 0.2) is 11.5 Å². The minimum Gasteiger partial charge on any atom is -0.493 e. The minimum atomic E-state index is -0.537. The van der Waals surface area contributed by atoms with Gasteiger partial charge in [-0.3, -0.25) is 0 Å². The van der Waals surface area contributed by atoms with Gasteiger partial charge in [-0.1, -0.05) is 24.3 Å². The summed E-state index contributed by atoms with van der Waals surface area (Å²) in [4.78, 5) is 2.10. The summed E-state index contributed by atoms with van der Waals surface area (Å²) in [6, 6.07) is 13.8. The van der Waals surface area contributed by atoms with E-state index in [0.717, 1.165) is 35.8 Å². The van der Waals surface area contributed by atoms with Gasteiger partial charge in [-0.15, -0.1) is 0 Å². The second kappa shape index (κ2) is 10.0. The molecule has 0 aliphatic rings. The number of ether oxygens (including phenoxy) is 3. The second-order valence-electron chi connectivity index (χ2n) is 6.43. The highest BCUT2D eigenvalue weighted by molar-refractivity contribution is 5.42. The lowest BCUT2D eigenvalue weighted by Gasteiger charge is -2.21. The van der Waals surface area contributed by atoms with Crippen molar-refractivity contribution in [2.45, 2.75) is 19.4 Å². The van der Waals surface area contributed by atoms with Gasteiger partial charge in [0, 0.05) is 13.1 Å². The summed E-state index contributed by atoms with van der Waals surface area (Å²) in [7, 11) is 5.27. The number of hydrogen-bond acceptors (Lipinski definition) is 5. The zero-order chi connectivity index (χ0) is 18.9. The number of aliphatic hydroxyl groups is 1. The molecule has 0 saturated heterocycles. The van der Waals surface area contributed by atoms with E-state index in [1.54, 1.807) is 14.2 Å². The van der Waals surface area contributed by atoms with Crippen LogP contribution in [0.3, 0.4) is 0 Å². The first-order valence-corrected chi connectivity index (χ1v) is 8.79. The number of methoxy groups -OCH3 is 2. The summed E-state index contributed by atoms with van der Waals surface area (Å²) in [5.41, 5.74) is 2.24. The molecule has 142 valence electrons. The molecule has 1 unspecified atom stereocenters. The van der Waals surface area contributed by atoms with Crippen molar-refractivity contribution in [1.82, 2.24) is 4.90 Å². The van der Waals surface area contributed by atoms with Crippen LogP contribution in [0.25, 0.3) is 0 Å². The van der Waals surface area contributed by atoms with Crippen LogP contribution in [0.2, 0.25) is 0 Å². The fourth-order valence-electron chi connectivity index (χ4n) is 2.76. The molecule has 0 heterocycles. The maximum absolute atomic E-state index is 10.2. The molecule has 0 aliphatic heterocycles. The maximum atomic E-state index is 10.2. The van der Waals surface area contributed by atoms with Crippen LogP contribution >= 0.6 is 0 Å². The van der Waals surface area contributed by atoms with Crippen molar-refractivity contribution >= 4 is 0 Å².